The second kappa shape index (κ2) is 8.78. The molecule has 2 aromatic carbocycles. The number of aromatic nitrogens is 2. The van der Waals surface area contributed by atoms with Crippen LogP contribution in [-0.4, -0.2) is 66.9 Å². The number of fused-ring (bicyclic) bond motifs is 3. The first-order chi connectivity index (χ1) is 16.2. The molecule has 2 fully saturated rings. The molecular formula is C25H28FN5O2. The van der Waals surface area contributed by atoms with Gasteiger partial charge in [0.15, 0.2) is 5.82 Å². The van der Waals surface area contributed by atoms with Crippen LogP contribution in [0.1, 0.15) is 11.5 Å². The number of nitrogens with zero attached hydrogens (tertiary/aromatic N) is 4. The molecule has 172 valence electrons. The van der Waals surface area contributed by atoms with Crippen LogP contribution in [-0.2, 0) is 17.9 Å². The number of anilines is 1. The van der Waals surface area contributed by atoms with Gasteiger partial charge in [-0.25, -0.2) is 9.37 Å². The standard InChI is InChI=1S/C25H28FN5O2/c26-22-14-20(30-7-5-27-6-8-30)2-3-21(22)18-1-4-23-24(13-18)33-17-25-28-19(16-31(23)25)15-29-9-11-32-12-10-29/h1-4,13-14,16,27H,5-12,15,17H2. The van der Waals surface area contributed by atoms with Crippen molar-refractivity contribution in [2.24, 2.45) is 0 Å². The highest BCUT2D eigenvalue weighted by molar-refractivity contribution is 5.71. The predicted octanol–water partition coefficient (Wildman–Crippen LogP) is 2.81. The molecule has 2 saturated heterocycles. The van der Waals surface area contributed by atoms with Gasteiger partial charge in [0.2, 0.25) is 0 Å². The van der Waals surface area contributed by atoms with E-state index < -0.39 is 0 Å². The molecule has 0 unspecified atom stereocenters. The molecule has 1 N–H and O–H groups in total. The number of halogens is 1. The highest BCUT2D eigenvalue weighted by Gasteiger charge is 2.22. The summed E-state index contributed by atoms with van der Waals surface area (Å²) in [4.78, 5) is 9.35. The lowest BCUT2D eigenvalue weighted by Crippen LogP contribution is -2.43. The van der Waals surface area contributed by atoms with Gasteiger partial charge < -0.3 is 19.7 Å². The summed E-state index contributed by atoms with van der Waals surface area (Å²) < 4.78 is 28.6. The molecule has 8 heteroatoms. The Hall–Kier alpha value is -2.94. The lowest BCUT2D eigenvalue weighted by molar-refractivity contribution is 0.0337. The Morgan fingerprint density at radius 2 is 1.85 bits per heavy atom. The van der Waals surface area contributed by atoms with E-state index in [0.29, 0.717) is 12.2 Å². The second-order valence-corrected chi connectivity index (χ2v) is 8.78. The van der Waals surface area contributed by atoms with Crippen molar-refractivity contribution in [3.63, 3.8) is 0 Å². The second-order valence-electron chi connectivity index (χ2n) is 8.78. The number of nitrogens with one attached hydrogen (secondary N) is 1. The van der Waals surface area contributed by atoms with E-state index in [2.05, 4.69) is 25.9 Å². The highest BCUT2D eigenvalue weighted by Crippen LogP contribution is 2.36. The van der Waals surface area contributed by atoms with Crippen LogP contribution in [0.4, 0.5) is 10.1 Å². The summed E-state index contributed by atoms with van der Waals surface area (Å²) in [6.45, 7) is 8.26. The lowest BCUT2D eigenvalue weighted by atomic mass is 10.0. The smallest absolute Gasteiger partial charge is 0.151 e. The number of rotatable bonds is 4. The molecular weight excluding hydrogens is 421 g/mol. The Bertz CT molecular complexity index is 1150. The summed E-state index contributed by atoms with van der Waals surface area (Å²) in [5.74, 6) is 1.43. The van der Waals surface area contributed by atoms with Crippen LogP contribution in [0.2, 0.25) is 0 Å². The van der Waals surface area contributed by atoms with Crippen LogP contribution in [0, 0.1) is 5.82 Å². The van der Waals surface area contributed by atoms with Crippen molar-refractivity contribution >= 4 is 5.69 Å². The molecule has 7 nitrogen and oxygen atoms in total. The fourth-order valence-electron chi connectivity index (χ4n) is 4.84. The summed E-state index contributed by atoms with van der Waals surface area (Å²) in [5.41, 5.74) is 4.31. The Morgan fingerprint density at radius 3 is 2.67 bits per heavy atom. The Labute approximate surface area is 192 Å². The SMILES string of the molecule is Fc1cc(N2CCNCC2)ccc1-c1ccc2c(c1)OCc1nc(CN3CCOCC3)cn1-2. The normalized spacial score (nSPS) is 18.5. The van der Waals surface area contributed by atoms with E-state index >= 15 is 4.39 Å². The van der Waals surface area contributed by atoms with Gasteiger partial charge in [-0.2, -0.15) is 0 Å². The molecule has 3 aromatic rings. The van der Waals surface area contributed by atoms with Gasteiger partial charge in [0.25, 0.3) is 0 Å². The van der Waals surface area contributed by atoms with Crippen molar-refractivity contribution in [2.45, 2.75) is 13.2 Å². The minimum Gasteiger partial charge on any atom is -0.483 e. The molecule has 0 spiro atoms. The van der Waals surface area contributed by atoms with E-state index in [1.807, 2.05) is 30.3 Å². The van der Waals surface area contributed by atoms with Crippen molar-refractivity contribution < 1.29 is 13.9 Å². The van der Waals surface area contributed by atoms with E-state index in [-0.39, 0.29) is 5.82 Å². The van der Waals surface area contributed by atoms with E-state index in [1.54, 1.807) is 6.07 Å². The minimum absolute atomic E-state index is 0.210. The molecule has 0 saturated carbocycles. The van der Waals surface area contributed by atoms with E-state index in [1.165, 1.54) is 0 Å². The maximum absolute atomic E-state index is 15.1. The van der Waals surface area contributed by atoms with Gasteiger partial charge in [-0.15, -0.1) is 0 Å². The maximum atomic E-state index is 15.1. The quantitative estimate of drug-likeness (QED) is 0.661. The molecule has 3 aliphatic rings. The number of imidazole rings is 1. The van der Waals surface area contributed by atoms with Crippen molar-refractivity contribution in [1.82, 2.24) is 19.8 Å². The first-order valence-electron chi connectivity index (χ1n) is 11.6. The molecule has 33 heavy (non-hydrogen) atoms. The van der Waals surface area contributed by atoms with Crippen molar-refractivity contribution in [3.05, 3.63) is 59.9 Å². The molecule has 0 atom stereocenters. The number of morpholine rings is 1. The van der Waals surface area contributed by atoms with E-state index in [0.717, 1.165) is 93.2 Å². The molecule has 0 radical (unpaired) electrons. The molecule has 0 amide bonds. The zero-order valence-corrected chi connectivity index (χ0v) is 18.6. The van der Waals surface area contributed by atoms with Crippen molar-refractivity contribution in [3.8, 4) is 22.6 Å². The summed E-state index contributed by atoms with van der Waals surface area (Å²) >= 11 is 0. The maximum Gasteiger partial charge on any atom is 0.151 e. The van der Waals surface area contributed by atoms with Crippen LogP contribution in [0.3, 0.4) is 0 Å². The fraction of sp³-hybridized carbons (Fsp3) is 0.400. The average Bonchev–Trinajstić information content (AvgIpc) is 3.28. The number of benzene rings is 2. The number of piperazine rings is 1. The lowest BCUT2D eigenvalue weighted by Gasteiger charge is -2.29. The van der Waals surface area contributed by atoms with Gasteiger partial charge in [-0.05, 0) is 35.9 Å². The van der Waals surface area contributed by atoms with Crippen LogP contribution >= 0.6 is 0 Å². The molecule has 0 bridgehead atoms. The topological polar surface area (TPSA) is 54.8 Å². The fourth-order valence-corrected chi connectivity index (χ4v) is 4.84. The van der Waals surface area contributed by atoms with Crippen LogP contribution in [0.25, 0.3) is 16.8 Å². The first kappa shape index (κ1) is 20.7. The monoisotopic (exact) mass is 449 g/mol. The van der Waals surface area contributed by atoms with Crippen molar-refractivity contribution in [2.75, 3.05) is 57.4 Å². The van der Waals surface area contributed by atoms with Gasteiger partial charge in [0.05, 0.1) is 24.6 Å². The van der Waals surface area contributed by atoms with Crippen molar-refractivity contribution in [1.29, 1.82) is 0 Å². The molecule has 3 aliphatic heterocycles. The minimum atomic E-state index is -0.210. The van der Waals surface area contributed by atoms with Crippen LogP contribution in [0.5, 0.6) is 5.75 Å². The Morgan fingerprint density at radius 1 is 1.00 bits per heavy atom. The first-order valence-corrected chi connectivity index (χ1v) is 11.6. The van der Waals surface area contributed by atoms with Gasteiger partial charge in [0.1, 0.15) is 18.2 Å². The third-order valence-electron chi connectivity index (χ3n) is 6.64. The van der Waals surface area contributed by atoms with Gasteiger partial charge >= 0.3 is 0 Å². The largest absolute Gasteiger partial charge is 0.483 e. The Balaban J connectivity index is 1.25. The van der Waals surface area contributed by atoms with Crippen LogP contribution in [0.15, 0.2) is 42.6 Å². The number of ether oxygens (including phenoxy) is 2. The summed E-state index contributed by atoms with van der Waals surface area (Å²) in [7, 11) is 0. The third kappa shape index (κ3) is 4.10. The zero-order valence-electron chi connectivity index (χ0n) is 18.6. The number of hydrogen-bond donors (Lipinski definition) is 1. The molecule has 0 aliphatic carbocycles. The Kier molecular flexibility index (Phi) is 5.49. The highest BCUT2D eigenvalue weighted by atomic mass is 19.1. The molecule has 1 aromatic heterocycles. The summed E-state index contributed by atoms with van der Waals surface area (Å²) in [6.07, 6.45) is 2.09. The van der Waals surface area contributed by atoms with Gasteiger partial charge in [-0.3, -0.25) is 9.47 Å². The van der Waals surface area contributed by atoms with Gasteiger partial charge in [-0.1, -0.05) is 6.07 Å². The van der Waals surface area contributed by atoms with E-state index in [4.69, 9.17) is 14.5 Å². The predicted molar refractivity (Wildman–Crippen MR) is 124 cm³/mol. The number of hydrogen-bond acceptors (Lipinski definition) is 6. The average molecular weight is 450 g/mol. The third-order valence-corrected chi connectivity index (χ3v) is 6.64. The molecule has 6 rings (SSSR count). The van der Waals surface area contributed by atoms with Gasteiger partial charge in [0, 0.05) is 63.3 Å². The summed E-state index contributed by atoms with van der Waals surface area (Å²) in [6, 6.07) is 11.4. The molecule has 4 heterocycles. The zero-order chi connectivity index (χ0) is 22.2. The van der Waals surface area contributed by atoms with Crippen LogP contribution < -0.4 is 15.0 Å². The van der Waals surface area contributed by atoms with E-state index in [9.17, 15) is 0 Å². The summed E-state index contributed by atoms with van der Waals surface area (Å²) in [5, 5.41) is 3.33.